The molecule has 1 aromatic carbocycles. The van der Waals surface area contributed by atoms with Crippen molar-refractivity contribution in [3.05, 3.63) is 40.3 Å². The highest BCUT2D eigenvalue weighted by Gasteiger charge is 2.17. The van der Waals surface area contributed by atoms with Crippen LogP contribution in [0.3, 0.4) is 0 Å². The van der Waals surface area contributed by atoms with E-state index in [0.717, 1.165) is 5.52 Å². The van der Waals surface area contributed by atoms with Crippen LogP contribution in [-0.4, -0.2) is 27.1 Å². The molecule has 0 saturated heterocycles. The fourth-order valence-corrected chi connectivity index (χ4v) is 2.20. The van der Waals surface area contributed by atoms with E-state index >= 15 is 0 Å². The first kappa shape index (κ1) is 13.2. The number of rotatable bonds is 2. The molecule has 0 aliphatic carbocycles. The molecular formula is C14H13N3O4. The van der Waals surface area contributed by atoms with Crippen LogP contribution < -0.4 is 10.3 Å². The van der Waals surface area contributed by atoms with Crippen LogP contribution in [0.1, 0.15) is 12.6 Å². The number of aromatic nitrogens is 3. The van der Waals surface area contributed by atoms with Crippen molar-refractivity contribution in [2.75, 3.05) is 6.61 Å². The van der Waals surface area contributed by atoms with E-state index in [4.69, 9.17) is 9.47 Å². The minimum absolute atomic E-state index is 0.0651. The molecule has 0 radical (unpaired) electrons. The summed E-state index contributed by atoms with van der Waals surface area (Å²) in [4.78, 5) is 30.3. The first-order chi connectivity index (χ1) is 10.1. The summed E-state index contributed by atoms with van der Waals surface area (Å²) in [5.41, 5.74) is 1.83. The van der Waals surface area contributed by atoms with Gasteiger partial charge in [-0.3, -0.25) is 9.20 Å². The number of aromatic amines is 1. The molecule has 0 spiro atoms. The Bertz CT molecular complexity index is 894. The van der Waals surface area contributed by atoms with Gasteiger partial charge in [-0.1, -0.05) is 12.1 Å². The second-order valence-electron chi connectivity index (χ2n) is 4.42. The summed E-state index contributed by atoms with van der Waals surface area (Å²) in [6, 6.07) is 7.32. The molecule has 2 heterocycles. The topological polar surface area (TPSA) is 85.7 Å². The number of aryl methyl sites for hydroxylation is 1. The van der Waals surface area contributed by atoms with Gasteiger partial charge in [-0.05, 0) is 26.0 Å². The third-order valence-electron chi connectivity index (χ3n) is 3.10. The van der Waals surface area contributed by atoms with Crippen molar-refractivity contribution in [2.24, 2.45) is 0 Å². The fourth-order valence-electron chi connectivity index (χ4n) is 2.20. The maximum absolute atomic E-state index is 12.1. The molecular weight excluding hydrogens is 274 g/mol. The van der Waals surface area contributed by atoms with Crippen molar-refractivity contribution in [1.82, 2.24) is 14.4 Å². The SMILES string of the molecule is CCOC(=O)Oc1nc2c(=O)[nH]c3ccccc3n2c1C. The standard InChI is InChI=1S/C14H13N3O4/c1-3-20-14(19)21-13-8(2)17-10-7-5-4-6-9(10)15-12(18)11(17)16-13/h4-7H,3H2,1-2H3,(H,15,18). The lowest BCUT2D eigenvalue weighted by Crippen LogP contribution is -2.11. The molecule has 21 heavy (non-hydrogen) atoms. The Kier molecular flexibility index (Phi) is 3.09. The van der Waals surface area contributed by atoms with Gasteiger partial charge in [-0.2, -0.15) is 4.98 Å². The number of nitrogens with zero attached hydrogens (tertiary/aromatic N) is 2. The van der Waals surface area contributed by atoms with Gasteiger partial charge in [0, 0.05) is 0 Å². The van der Waals surface area contributed by atoms with E-state index in [-0.39, 0.29) is 23.7 Å². The first-order valence-electron chi connectivity index (χ1n) is 6.46. The van der Waals surface area contributed by atoms with Crippen LogP contribution in [0.5, 0.6) is 5.88 Å². The predicted molar refractivity (Wildman–Crippen MR) is 75.7 cm³/mol. The monoisotopic (exact) mass is 287 g/mol. The highest BCUT2D eigenvalue weighted by Crippen LogP contribution is 2.21. The van der Waals surface area contributed by atoms with Crippen LogP contribution >= 0.6 is 0 Å². The van der Waals surface area contributed by atoms with E-state index in [1.807, 2.05) is 18.2 Å². The molecule has 0 saturated carbocycles. The summed E-state index contributed by atoms with van der Waals surface area (Å²) in [7, 11) is 0. The quantitative estimate of drug-likeness (QED) is 0.729. The smallest absolute Gasteiger partial charge is 0.434 e. The van der Waals surface area contributed by atoms with Gasteiger partial charge in [-0.15, -0.1) is 0 Å². The summed E-state index contributed by atoms with van der Waals surface area (Å²) in [5, 5.41) is 0. The zero-order chi connectivity index (χ0) is 15.0. The number of hydrogen-bond donors (Lipinski definition) is 1. The van der Waals surface area contributed by atoms with Crippen LogP contribution in [-0.2, 0) is 4.74 Å². The number of hydrogen-bond acceptors (Lipinski definition) is 5. The highest BCUT2D eigenvalue weighted by atomic mass is 16.7. The summed E-state index contributed by atoms with van der Waals surface area (Å²) in [6.45, 7) is 3.60. The summed E-state index contributed by atoms with van der Waals surface area (Å²) >= 11 is 0. The Morgan fingerprint density at radius 3 is 2.90 bits per heavy atom. The van der Waals surface area contributed by atoms with Crippen molar-refractivity contribution >= 4 is 22.8 Å². The van der Waals surface area contributed by atoms with Crippen LogP contribution in [0.15, 0.2) is 29.1 Å². The Hall–Kier alpha value is -2.83. The first-order valence-corrected chi connectivity index (χ1v) is 6.46. The molecule has 0 amide bonds. The van der Waals surface area contributed by atoms with Gasteiger partial charge in [0.1, 0.15) is 0 Å². The van der Waals surface area contributed by atoms with Gasteiger partial charge in [0.15, 0.2) is 0 Å². The molecule has 2 aromatic heterocycles. The zero-order valence-corrected chi connectivity index (χ0v) is 11.5. The van der Waals surface area contributed by atoms with Gasteiger partial charge in [-0.25, -0.2) is 4.79 Å². The molecule has 0 aliphatic rings. The number of imidazole rings is 1. The maximum atomic E-state index is 12.1. The highest BCUT2D eigenvalue weighted by molar-refractivity contribution is 5.78. The molecule has 0 aliphatic heterocycles. The Labute approximate surface area is 119 Å². The molecule has 7 heteroatoms. The number of carbonyl (C=O) groups excluding carboxylic acids is 1. The molecule has 0 unspecified atom stereocenters. The van der Waals surface area contributed by atoms with Crippen molar-refractivity contribution in [3.8, 4) is 5.88 Å². The molecule has 0 fully saturated rings. The second kappa shape index (κ2) is 4.93. The molecule has 0 atom stereocenters. The van der Waals surface area contributed by atoms with E-state index in [1.165, 1.54) is 0 Å². The lowest BCUT2D eigenvalue weighted by Gasteiger charge is -2.03. The number of benzene rings is 1. The van der Waals surface area contributed by atoms with Gasteiger partial charge in [0.25, 0.3) is 5.56 Å². The van der Waals surface area contributed by atoms with Crippen LogP contribution in [0.4, 0.5) is 4.79 Å². The average Bonchev–Trinajstić information content (AvgIpc) is 2.78. The van der Waals surface area contributed by atoms with E-state index < -0.39 is 6.16 Å². The van der Waals surface area contributed by atoms with Crippen molar-refractivity contribution in [3.63, 3.8) is 0 Å². The van der Waals surface area contributed by atoms with Crippen molar-refractivity contribution in [1.29, 1.82) is 0 Å². The number of ether oxygens (including phenoxy) is 2. The fraction of sp³-hybridized carbons (Fsp3) is 0.214. The second-order valence-corrected chi connectivity index (χ2v) is 4.42. The lowest BCUT2D eigenvalue weighted by atomic mass is 10.3. The molecule has 3 aromatic rings. The van der Waals surface area contributed by atoms with Crippen molar-refractivity contribution < 1.29 is 14.3 Å². The van der Waals surface area contributed by atoms with Crippen LogP contribution in [0.2, 0.25) is 0 Å². The number of fused-ring (bicyclic) bond motifs is 3. The van der Waals surface area contributed by atoms with E-state index in [1.54, 1.807) is 24.3 Å². The number of para-hydroxylation sites is 2. The van der Waals surface area contributed by atoms with E-state index in [0.29, 0.717) is 11.2 Å². The minimum Gasteiger partial charge on any atom is -0.434 e. The molecule has 1 N–H and O–H groups in total. The predicted octanol–water partition coefficient (Wildman–Crippen LogP) is 2.02. The summed E-state index contributed by atoms with van der Waals surface area (Å²) in [6.07, 6.45) is -0.843. The third kappa shape index (κ3) is 2.12. The number of nitrogens with one attached hydrogen (secondary N) is 1. The Balaban J connectivity index is 2.24. The third-order valence-corrected chi connectivity index (χ3v) is 3.10. The van der Waals surface area contributed by atoms with Gasteiger partial charge < -0.3 is 14.5 Å². The Morgan fingerprint density at radius 1 is 1.38 bits per heavy atom. The molecule has 3 rings (SSSR count). The largest absolute Gasteiger partial charge is 0.515 e. The molecule has 108 valence electrons. The van der Waals surface area contributed by atoms with Gasteiger partial charge in [0.05, 0.1) is 23.3 Å². The molecule has 7 nitrogen and oxygen atoms in total. The normalized spacial score (nSPS) is 11.0. The zero-order valence-electron chi connectivity index (χ0n) is 11.5. The summed E-state index contributed by atoms with van der Waals surface area (Å²) < 4.78 is 11.4. The van der Waals surface area contributed by atoms with E-state index in [9.17, 15) is 9.59 Å². The number of carbonyl (C=O) groups is 1. The van der Waals surface area contributed by atoms with Gasteiger partial charge in [0.2, 0.25) is 11.5 Å². The number of H-pyrrole nitrogens is 1. The maximum Gasteiger partial charge on any atom is 0.515 e. The molecule has 0 bridgehead atoms. The van der Waals surface area contributed by atoms with Gasteiger partial charge >= 0.3 is 6.16 Å². The minimum atomic E-state index is -0.843. The van der Waals surface area contributed by atoms with E-state index in [2.05, 4.69) is 9.97 Å². The average molecular weight is 287 g/mol. The lowest BCUT2D eigenvalue weighted by molar-refractivity contribution is 0.102. The van der Waals surface area contributed by atoms with Crippen molar-refractivity contribution in [2.45, 2.75) is 13.8 Å². The van der Waals surface area contributed by atoms with Crippen LogP contribution in [0.25, 0.3) is 16.7 Å². The Morgan fingerprint density at radius 2 is 2.14 bits per heavy atom. The van der Waals surface area contributed by atoms with Crippen LogP contribution in [0, 0.1) is 6.92 Å². The summed E-state index contributed by atoms with van der Waals surface area (Å²) in [5.74, 6) is 0.0651.